The summed E-state index contributed by atoms with van der Waals surface area (Å²) in [6, 6.07) is 8.09. The molecule has 0 radical (unpaired) electrons. The molecule has 1 heterocycles. The highest BCUT2D eigenvalue weighted by atomic mass is 127. The van der Waals surface area contributed by atoms with Crippen LogP contribution in [0.15, 0.2) is 29.3 Å². The van der Waals surface area contributed by atoms with Crippen LogP contribution in [0, 0.1) is 0 Å². The van der Waals surface area contributed by atoms with Gasteiger partial charge in [0.25, 0.3) is 0 Å². The van der Waals surface area contributed by atoms with Crippen LogP contribution in [0.2, 0.25) is 0 Å². The molecular weight excluding hydrogens is 421 g/mol. The molecule has 1 atom stereocenters. The number of nitrogens with one attached hydrogen (secondary N) is 1. The van der Waals surface area contributed by atoms with Crippen LogP contribution in [-0.2, 0) is 6.54 Å². The average molecular weight is 449 g/mol. The topological polar surface area (TPSA) is 36.9 Å². The quantitative estimate of drug-likeness (QED) is 0.424. The highest BCUT2D eigenvalue weighted by Gasteiger charge is 2.21. The summed E-state index contributed by atoms with van der Waals surface area (Å²) in [5, 5.41) is 4.14. The molecule has 4 nitrogen and oxygen atoms in total. The van der Waals surface area contributed by atoms with E-state index in [1.165, 1.54) is 12.2 Å². The van der Waals surface area contributed by atoms with E-state index in [-0.39, 0.29) is 24.0 Å². The number of hydrogen-bond donors (Lipinski definition) is 1. The van der Waals surface area contributed by atoms with Crippen LogP contribution in [0.5, 0.6) is 5.75 Å². The first-order valence-electron chi connectivity index (χ1n) is 8.05. The smallest absolute Gasteiger partial charge is 0.194 e. The summed E-state index contributed by atoms with van der Waals surface area (Å²) in [6.45, 7) is 8.07. The Labute approximate surface area is 161 Å². The molecule has 6 heteroatoms. The monoisotopic (exact) mass is 449 g/mol. The molecule has 1 unspecified atom stereocenters. The van der Waals surface area contributed by atoms with Gasteiger partial charge in [0.1, 0.15) is 5.75 Å². The number of benzene rings is 1. The number of ether oxygens (including phenoxy) is 1. The number of thioether (sulfide) groups is 1. The molecule has 1 aliphatic rings. The Morgan fingerprint density at radius 1 is 1.39 bits per heavy atom. The lowest BCUT2D eigenvalue weighted by molar-refractivity contribution is 0.404. The normalized spacial score (nSPS) is 18.3. The molecule has 130 valence electrons. The zero-order valence-corrected chi connectivity index (χ0v) is 17.4. The molecular formula is C17H28IN3OS. The Kier molecular flexibility index (Phi) is 9.78. The molecule has 0 aliphatic carbocycles. The molecule has 0 amide bonds. The average Bonchev–Trinajstić information content (AvgIpc) is 2.58. The van der Waals surface area contributed by atoms with Gasteiger partial charge >= 0.3 is 0 Å². The summed E-state index contributed by atoms with van der Waals surface area (Å²) in [5.74, 6) is 3.10. The van der Waals surface area contributed by atoms with Crippen molar-refractivity contribution in [3.8, 4) is 5.75 Å². The van der Waals surface area contributed by atoms with Gasteiger partial charge in [0.15, 0.2) is 5.96 Å². The molecule has 1 saturated heterocycles. The van der Waals surface area contributed by atoms with E-state index in [1.54, 1.807) is 7.11 Å². The largest absolute Gasteiger partial charge is 0.496 e. The van der Waals surface area contributed by atoms with E-state index in [2.05, 4.69) is 41.9 Å². The summed E-state index contributed by atoms with van der Waals surface area (Å²) in [5.41, 5.74) is 1.12. The van der Waals surface area contributed by atoms with Crippen molar-refractivity contribution >= 4 is 41.7 Å². The second kappa shape index (κ2) is 11.0. The first-order valence-corrected chi connectivity index (χ1v) is 9.10. The second-order valence-electron chi connectivity index (χ2n) is 5.33. The maximum Gasteiger partial charge on any atom is 0.194 e. The third-order valence-corrected chi connectivity index (χ3v) is 5.19. The molecule has 1 N–H and O–H groups in total. The van der Waals surface area contributed by atoms with Crippen molar-refractivity contribution in [2.45, 2.75) is 32.1 Å². The van der Waals surface area contributed by atoms with Crippen LogP contribution >= 0.6 is 35.7 Å². The van der Waals surface area contributed by atoms with Crippen molar-refractivity contribution in [3.63, 3.8) is 0 Å². The molecule has 2 rings (SSSR count). The molecule has 0 bridgehead atoms. The lowest BCUT2D eigenvalue weighted by atomic mass is 10.2. The zero-order valence-electron chi connectivity index (χ0n) is 14.2. The van der Waals surface area contributed by atoms with Crippen molar-refractivity contribution in [2.75, 3.05) is 32.5 Å². The van der Waals surface area contributed by atoms with Gasteiger partial charge in [-0.05, 0) is 19.4 Å². The van der Waals surface area contributed by atoms with Crippen LogP contribution in [0.1, 0.15) is 25.8 Å². The van der Waals surface area contributed by atoms with Gasteiger partial charge in [-0.15, -0.1) is 24.0 Å². The standard InChI is InChI=1S/C17H27N3OS.HI/c1-4-15-13-20(10-11-22-15)17(18-5-2)19-12-14-8-6-7-9-16(14)21-3;/h6-9,15H,4-5,10-13H2,1-3H3,(H,18,19);1H. The summed E-state index contributed by atoms with van der Waals surface area (Å²) >= 11 is 2.08. The van der Waals surface area contributed by atoms with E-state index in [9.17, 15) is 0 Å². The molecule has 0 saturated carbocycles. The Morgan fingerprint density at radius 2 is 2.17 bits per heavy atom. The molecule has 23 heavy (non-hydrogen) atoms. The molecule has 1 aliphatic heterocycles. The summed E-state index contributed by atoms with van der Waals surface area (Å²) in [7, 11) is 1.71. The van der Waals surface area contributed by atoms with Gasteiger partial charge in [0.2, 0.25) is 0 Å². The van der Waals surface area contributed by atoms with Crippen molar-refractivity contribution < 1.29 is 4.74 Å². The van der Waals surface area contributed by atoms with E-state index in [0.717, 1.165) is 36.9 Å². The van der Waals surface area contributed by atoms with Gasteiger partial charge in [-0.25, -0.2) is 4.99 Å². The first kappa shape index (κ1) is 20.4. The lowest BCUT2D eigenvalue weighted by Gasteiger charge is -2.34. The maximum absolute atomic E-state index is 5.41. The number of para-hydroxylation sites is 1. The van der Waals surface area contributed by atoms with Gasteiger partial charge in [-0.3, -0.25) is 0 Å². The zero-order chi connectivity index (χ0) is 15.8. The van der Waals surface area contributed by atoms with E-state index in [0.29, 0.717) is 11.8 Å². The van der Waals surface area contributed by atoms with Crippen LogP contribution in [-0.4, -0.2) is 48.6 Å². The van der Waals surface area contributed by atoms with E-state index in [4.69, 9.17) is 9.73 Å². The SMILES string of the molecule is CCNC(=NCc1ccccc1OC)N1CCSC(CC)C1.I. The molecule has 0 aromatic heterocycles. The third kappa shape index (κ3) is 6.06. The number of halogens is 1. The van der Waals surface area contributed by atoms with Gasteiger partial charge in [0, 0.05) is 36.2 Å². The van der Waals surface area contributed by atoms with Crippen molar-refractivity contribution in [2.24, 2.45) is 4.99 Å². The first-order chi connectivity index (χ1) is 10.8. The van der Waals surface area contributed by atoms with Crippen molar-refractivity contribution in [1.29, 1.82) is 0 Å². The Balaban J connectivity index is 0.00000264. The molecule has 0 spiro atoms. The summed E-state index contributed by atoms with van der Waals surface area (Å²) in [6.07, 6.45) is 1.22. The van der Waals surface area contributed by atoms with E-state index >= 15 is 0 Å². The second-order valence-corrected chi connectivity index (χ2v) is 6.74. The van der Waals surface area contributed by atoms with Gasteiger partial charge < -0.3 is 15.0 Å². The Morgan fingerprint density at radius 3 is 2.87 bits per heavy atom. The number of hydrogen-bond acceptors (Lipinski definition) is 3. The van der Waals surface area contributed by atoms with Gasteiger partial charge in [-0.2, -0.15) is 11.8 Å². The predicted molar refractivity (Wildman–Crippen MR) is 111 cm³/mol. The van der Waals surface area contributed by atoms with Crippen molar-refractivity contribution in [3.05, 3.63) is 29.8 Å². The highest BCUT2D eigenvalue weighted by molar-refractivity contribution is 14.0. The van der Waals surface area contributed by atoms with Crippen LogP contribution in [0.3, 0.4) is 0 Å². The van der Waals surface area contributed by atoms with Gasteiger partial charge in [0.05, 0.1) is 13.7 Å². The van der Waals surface area contributed by atoms with Crippen LogP contribution < -0.4 is 10.1 Å². The maximum atomic E-state index is 5.41. The Bertz CT molecular complexity index is 498. The van der Waals surface area contributed by atoms with E-state index < -0.39 is 0 Å². The lowest BCUT2D eigenvalue weighted by Crippen LogP contribution is -2.48. The van der Waals surface area contributed by atoms with Crippen molar-refractivity contribution in [1.82, 2.24) is 10.2 Å². The summed E-state index contributed by atoms with van der Waals surface area (Å²) < 4.78 is 5.41. The summed E-state index contributed by atoms with van der Waals surface area (Å²) in [4.78, 5) is 7.22. The number of methoxy groups -OCH3 is 1. The molecule has 1 aromatic rings. The number of guanidine groups is 1. The fourth-order valence-corrected chi connectivity index (χ4v) is 3.76. The molecule has 1 aromatic carbocycles. The minimum Gasteiger partial charge on any atom is -0.496 e. The number of nitrogens with zero attached hydrogens (tertiary/aromatic N) is 2. The predicted octanol–water partition coefficient (Wildman–Crippen LogP) is 3.61. The Hall–Kier alpha value is -0.630. The number of rotatable bonds is 5. The number of aliphatic imine (C=N–C) groups is 1. The minimum absolute atomic E-state index is 0. The van der Waals surface area contributed by atoms with Crippen LogP contribution in [0.4, 0.5) is 0 Å². The van der Waals surface area contributed by atoms with Gasteiger partial charge in [-0.1, -0.05) is 25.1 Å². The van der Waals surface area contributed by atoms with Crippen LogP contribution in [0.25, 0.3) is 0 Å². The molecule has 1 fully saturated rings. The minimum atomic E-state index is 0. The third-order valence-electron chi connectivity index (χ3n) is 3.82. The fraction of sp³-hybridized carbons (Fsp3) is 0.588. The fourth-order valence-electron chi connectivity index (χ4n) is 2.58. The van der Waals surface area contributed by atoms with E-state index in [1.807, 2.05) is 18.2 Å². The highest BCUT2D eigenvalue weighted by Crippen LogP contribution is 2.22.